The molecule has 162 valence electrons. The van der Waals surface area contributed by atoms with Crippen LogP contribution in [-0.2, 0) is 13.2 Å². The predicted molar refractivity (Wildman–Crippen MR) is 118 cm³/mol. The van der Waals surface area contributed by atoms with Crippen molar-refractivity contribution in [3.05, 3.63) is 113 Å². The summed E-state index contributed by atoms with van der Waals surface area (Å²) in [6.45, 7) is 2.68. The summed E-state index contributed by atoms with van der Waals surface area (Å²) in [5, 5.41) is 7.13. The summed E-state index contributed by atoms with van der Waals surface area (Å²) in [6, 6.07) is 18.1. The third-order valence-corrected chi connectivity index (χ3v) is 4.80. The van der Waals surface area contributed by atoms with Gasteiger partial charge < -0.3 is 10.1 Å². The first kappa shape index (κ1) is 21.2. The SMILES string of the molecule is Cc1cccc(Cn2cc(NC(=O)c3cccc(COc4ccc(F)cc4F)c3)cn2)c1. The highest BCUT2D eigenvalue weighted by Crippen LogP contribution is 2.19. The van der Waals surface area contributed by atoms with E-state index in [2.05, 4.69) is 16.5 Å². The topological polar surface area (TPSA) is 56.2 Å². The third-order valence-electron chi connectivity index (χ3n) is 4.80. The van der Waals surface area contributed by atoms with E-state index >= 15 is 0 Å². The Labute approximate surface area is 184 Å². The quantitative estimate of drug-likeness (QED) is 0.428. The molecule has 32 heavy (non-hydrogen) atoms. The summed E-state index contributed by atoms with van der Waals surface area (Å²) in [5.74, 6) is -1.80. The Kier molecular flexibility index (Phi) is 6.26. The van der Waals surface area contributed by atoms with Crippen LogP contribution in [0.25, 0.3) is 0 Å². The Balaban J connectivity index is 1.38. The number of amides is 1. The monoisotopic (exact) mass is 433 g/mol. The van der Waals surface area contributed by atoms with Crippen LogP contribution >= 0.6 is 0 Å². The lowest BCUT2D eigenvalue weighted by molar-refractivity contribution is 0.102. The molecule has 1 amide bonds. The van der Waals surface area contributed by atoms with Gasteiger partial charge in [0, 0.05) is 17.8 Å². The fraction of sp³-hybridized carbons (Fsp3) is 0.120. The zero-order valence-corrected chi connectivity index (χ0v) is 17.4. The molecule has 5 nitrogen and oxygen atoms in total. The molecule has 7 heteroatoms. The molecule has 0 atom stereocenters. The minimum Gasteiger partial charge on any atom is -0.486 e. The number of carbonyl (C=O) groups is 1. The molecule has 4 aromatic rings. The van der Waals surface area contributed by atoms with Gasteiger partial charge in [0.15, 0.2) is 11.6 Å². The zero-order valence-electron chi connectivity index (χ0n) is 17.4. The van der Waals surface area contributed by atoms with E-state index in [4.69, 9.17) is 4.74 Å². The van der Waals surface area contributed by atoms with E-state index in [-0.39, 0.29) is 18.3 Å². The van der Waals surface area contributed by atoms with Crippen molar-refractivity contribution in [1.82, 2.24) is 9.78 Å². The van der Waals surface area contributed by atoms with Crippen LogP contribution in [0.4, 0.5) is 14.5 Å². The molecule has 0 saturated heterocycles. The number of halogens is 2. The molecule has 4 rings (SSSR count). The van der Waals surface area contributed by atoms with Gasteiger partial charge in [0.1, 0.15) is 12.4 Å². The summed E-state index contributed by atoms with van der Waals surface area (Å²) in [6.07, 6.45) is 3.36. The van der Waals surface area contributed by atoms with E-state index in [9.17, 15) is 13.6 Å². The van der Waals surface area contributed by atoms with Crippen molar-refractivity contribution in [3.63, 3.8) is 0 Å². The average Bonchev–Trinajstić information content (AvgIpc) is 3.20. The van der Waals surface area contributed by atoms with E-state index < -0.39 is 11.6 Å². The number of aromatic nitrogens is 2. The molecular weight excluding hydrogens is 412 g/mol. The van der Waals surface area contributed by atoms with Gasteiger partial charge in [-0.3, -0.25) is 9.48 Å². The Bertz CT molecular complexity index is 1250. The van der Waals surface area contributed by atoms with Crippen molar-refractivity contribution in [2.75, 3.05) is 5.32 Å². The van der Waals surface area contributed by atoms with Crippen LogP contribution in [0.15, 0.2) is 79.1 Å². The molecule has 3 aromatic carbocycles. The van der Waals surface area contributed by atoms with E-state index in [1.807, 2.05) is 25.1 Å². The van der Waals surface area contributed by atoms with Gasteiger partial charge in [-0.15, -0.1) is 0 Å². The van der Waals surface area contributed by atoms with Gasteiger partial charge in [0.05, 0.1) is 18.4 Å². The lowest BCUT2D eigenvalue weighted by atomic mass is 10.1. The molecule has 0 aliphatic rings. The highest BCUT2D eigenvalue weighted by atomic mass is 19.1. The van der Waals surface area contributed by atoms with Crippen molar-refractivity contribution < 1.29 is 18.3 Å². The average molecular weight is 433 g/mol. The number of benzene rings is 3. The molecule has 1 N–H and O–H groups in total. The molecule has 0 bridgehead atoms. The van der Waals surface area contributed by atoms with Crippen LogP contribution in [0.5, 0.6) is 5.75 Å². The zero-order chi connectivity index (χ0) is 22.5. The number of rotatable bonds is 7. The van der Waals surface area contributed by atoms with Gasteiger partial charge in [0.2, 0.25) is 0 Å². The van der Waals surface area contributed by atoms with Crippen LogP contribution in [-0.4, -0.2) is 15.7 Å². The first-order valence-corrected chi connectivity index (χ1v) is 10.0. The summed E-state index contributed by atoms with van der Waals surface area (Å²) in [4.78, 5) is 12.7. The molecule has 0 aliphatic carbocycles. The van der Waals surface area contributed by atoms with Crippen LogP contribution in [0.3, 0.4) is 0 Å². The molecule has 1 heterocycles. The van der Waals surface area contributed by atoms with Crippen LogP contribution in [0.2, 0.25) is 0 Å². The Morgan fingerprint density at radius 1 is 1.03 bits per heavy atom. The van der Waals surface area contributed by atoms with E-state index in [1.165, 1.54) is 11.6 Å². The normalized spacial score (nSPS) is 10.7. The van der Waals surface area contributed by atoms with Gasteiger partial charge in [-0.2, -0.15) is 5.10 Å². The largest absolute Gasteiger partial charge is 0.486 e. The van der Waals surface area contributed by atoms with E-state index in [0.29, 0.717) is 23.4 Å². The van der Waals surface area contributed by atoms with Crippen molar-refractivity contribution in [1.29, 1.82) is 0 Å². The third kappa shape index (κ3) is 5.37. The Morgan fingerprint density at radius 3 is 2.66 bits per heavy atom. The lowest BCUT2D eigenvalue weighted by Gasteiger charge is -2.09. The number of ether oxygens (including phenoxy) is 1. The first-order chi connectivity index (χ1) is 15.5. The molecular formula is C25H21F2N3O2. The number of hydrogen-bond donors (Lipinski definition) is 1. The van der Waals surface area contributed by atoms with Crippen molar-refractivity contribution >= 4 is 11.6 Å². The predicted octanol–water partition coefficient (Wildman–Crippen LogP) is 5.35. The molecule has 1 aromatic heterocycles. The highest BCUT2D eigenvalue weighted by Gasteiger charge is 2.10. The van der Waals surface area contributed by atoms with E-state index in [0.717, 1.165) is 17.7 Å². The second kappa shape index (κ2) is 9.43. The summed E-state index contributed by atoms with van der Waals surface area (Å²) in [5.41, 5.74) is 3.98. The van der Waals surface area contributed by atoms with Gasteiger partial charge >= 0.3 is 0 Å². The number of carbonyl (C=O) groups excluding carboxylic acids is 1. The second-order valence-electron chi connectivity index (χ2n) is 7.43. The number of nitrogens with zero attached hydrogens (tertiary/aromatic N) is 2. The van der Waals surface area contributed by atoms with Gasteiger partial charge in [-0.05, 0) is 42.3 Å². The molecule has 0 fully saturated rings. The second-order valence-corrected chi connectivity index (χ2v) is 7.43. The summed E-state index contributed by atoms with van der Waals surface area (Å²) < 4.78 is 33.9. The first-order valence-electron chi connectivity index (χ1n) is 10.0. The van der Waals surface area contributed by atoms with Crippen molar-refractivity contribution in [2.24, 2.45) is 0 Å². The van der Waals surface area contributed by atoms with Crippen molar-refractivity contribution in [2.45, 2.75) is 20.1 Å². The van der Waals surface area contributed by atoms with Gasteiger partial charge in [0.25, 0.3) is 5.91 Å². The van der Waals surface area contributed by atoms with Gasteiger partial charge in [-0.25, -0.2) is 8.78 Å². The minimum atomic E-state index is -0.776. The molecule has 0 spiro atoms. The molecule has 0 saturated carbocycles. The molecule has 0 aliphatic heterocycles. The maximum atomic E-state index is 13.7. The summed E-state index contributed by atoms with van der Waals surface area (Å²) in [7, 11) is 0. The highest BCUT2D eigenvalue weighted by molar-refractivity contribution is 6.04. The fourth-order valence-corrected chi connectivity index (χ4v) is 3.27. The number of aryl methyl sites for hydroxylation is 1. The minimum absolute atomic E-state index is 0.0398. The number of anilines is 1. The maximum absolute atomic E-state index is 13.7. The number of nitrogens with one attached hydrogen (secondary N) is 1. The van der Waals surface area contributed by atoms with Crippen molar-refractivity contribution in [3.8, 4) is 5.75 Å². The van der Waals surface area contributed by atoms with Crippen LogP contribution < -0.4 is 10.1 Å². The molecule has 0 radical (unpaired) electrons. The lowest BCUT2D eigenvalue weighted by Crippen LogP contribution is -2.12. The smallest absolute Gasteiger partial charge is 0.255 e. The number of hydrogen-bond acceptors (Lipinski definition) is 3. The van der Waals surface area contributed by atoms with Crippen LogP contribution in [0.1, 0.15) is 27.0 Å². The maximum Gasteiger partial charge on any atom is 0.255 e. The molecule has 0 unspecified atom stereocenters. The fourth-order valence-electron chi connectivity index (χ4n) is 3.27. The standard InChI is InChI=1S/C25H21F2N3O2/c1-17-4-2-5-18(10-17)14-30-15-22(13-28-30)29-25(31)20-7-3-6-19(11-20)16-32-24-9-8-21(26)12-23(24)27/h2-13,15H,14,16H2,1H3,(H,29,31). The summed E-state index contributed by atoms with van der Waals surface area (Å²) >= 11 is 0. The Hall–Kier alpha value is -4.00. The Morgan fingerprint density at radius 2 is 1.84 bits per heavy atom. The van der Waals surface area contributed by atoms with E-state index in [1.54, 1.807) is 41.3 Å². The van der Waals surface area contributed by atoms with Crippen LogP contribution in [0, 0.1) is 18.6 Å². The van der Waals surface area contributed by atoms with Gasteiger partial charge in [-0.1, -0.05) is 42.0 Å².